The molecule has 2 atom stereocenters. The van der Waals surface area contributed by atoms with E-state index >= 15 is 0 Å². The van der Waals surface area contributed by atoms with Gasteiger partial charge in [0.15, 0.2) is 0 Å². The van der Waals surface area contributed by atoms with E-state index in [1.165, 1.54) is 11.1 Å². The van der Waals surface area contributed by atoms with Gasteiger partial charge in [0, 0.05) is 36.1 Å². The molecule has 0 bridgehead atoms. The van der Waals surface area contributed by atoms with Crippen LogP contribution in [-0.2, 0) is 0 Å². The lowest BCUT2D eigenvalue weighted by molar-refractivity contribution is 0.273. The first-order valence-corrected chi connectivity index (χ1v) is 12.0. The van der Waals surface area contributed by atoms with Crippen molar-refractivity contribution in [3.63, 3.8) is 0 Å². The molecule has 4 rings (SSSR count). The molecule has 2 aromatic heterocycles. The summed E-state index contributed by atoms with van der Waals surface area (Å²) in [6, 6.07) is 8.48. The largest absolute Gasteiger partial charge is 0.491 e. The van der Waals surface area contributed by atoms with Gasteiger partial charge in [-0.05, 0) is 72.1 Å². The third-order valence-electron chi connectivity index (χ3n) is 6.63. The van der Waals surface area contributed by atoms with E-state index in [2.05, 4.69) is 81.3 Å². The van der Waals surface area contributed by atoms with Gasteiger partial charge in [0.05, 0.1) is 12.3 Å². The minimum absolute atomic E-state index is 0.427. The molecule has 1 aliphatic carbocycles. The van der Waals surface area contributed by atoms with E-state index in [0.717, 1.165) is 45.6 Å². The molecule has 0 fully saturated rings. The molecule has 2 unspecified atom stereocenters. The summed E-state index contributed by atoms with van der Waals surface area (Å²) in [6.45, 7) is 11.7. The van der Waals surface area contributed by atoms with Crippen molar-refractivity contribution in [3.8, 4) is 17.0 Å². The number of rotatable bonds is 7. The monoisotopic (exact) mass is 441 g/mol. The molecule has 0 radical (unpaired) electrons. The summed E-state index contributed by atoms with van der Waals surface area (Å²) in [5.74, 6) is 2.28. The maximum atomic E-state index is 6.38. The number of benzene rings is 1. The lowest BCUT2D eigenvalue weighted by Gasteiger charge is -2.27. The van der Waals surface area contributed by atoms with Crippen molar-refractivity contribution in [2.24, 2.45) is 17.8 Å². The zero-order valence-electron chi connectivity index (χ0n) is 20.6. The highest BCUT2D eigenvalue weighted by atomic mass is 16.5. The molecule has 1 N–H and O–H groups in total. The first-order chi connectivity index (χ1) is 15.9. The highest BCUT2D eigenvalue weighted by molar-refractivity contribution is 6.01. The predicted molar refractivity (Wildman–Crippen MR) is 140 cm³/mol. The van der Waals surface area contributed by atoms with Crippen molar-refractivity contribution in [2.45, 2.75) is 41.0 Å². The number of ether oxygens (including phenoxy) is 1. The average Bonchev–Trinajstić information content (AvgIpc) is 2.82. The molecular formula is C29H35N3O. The van der Waals surface area contributed by atoms with Gasteiger partial charge in [-0.1, -0.05) is 45.9 Å². The Kier molecular flexibility index (Phi) is 6.83. The second kappa shape index (κ2) is 9.78. The Hall–Kier alpha value is -3.14. The summed E-state index contributed by atoms with van der Waals surface area (Å²) < 4.78 is 6.38. The summed E-state index contributed by atoms with van der Waals surface area (Å²) in [5, 5.41) is 4.54. The molecule has 0 aliphatic heterocycles. The number of nitrogens with one attached hydrogen (secondary N) is 1. The molecule has 0 saturated carbocycles. The van der Waals surface area contributed by atoms with Crippen LogP contribution in [0.4, 0.5) is 5.69 Å². The van der Waals surface area contributed by atoms with E-state index in [-0.39, 0.29) is 0 Å². The number of allylic oxidation sites excluding steroid dienone is 4. The van der Waals surface area contributed by atoms with Crippen molar-refractivity contribution in [1.82, 2.24) is 9.97 Å². The van der Waals surface area contributed by atoms with Gasteiger partial charge in [0.2, 0.25) is 0 Å². The fourth-order valence-corrected chi connectivity index (χ4v) is 4.77. The van der Waals surface area contributed by atoms with E-state index < -0.39 is 0 Å². The molecule has 0 spiro atoms. The third-order valence-corrected chi connectivity index (χ3v) is 6.63. The van der Waals surface area contributed by atoms with Crippen molar-refractivity contribution in [2.75, 3.05) is 19.0 Å². The van der Waals surface area contributed by atoms with Crippen LogP contribution in [0.25, 0.3) is 27.7 Å². The summed E-state index contributed by atoms with van der Waals surface area (Å²) in [7, 11) is 1.98. The summed E-state index contributed by atoms with van der Waals surface area (Å²) >= 11 is 0. The summed E-state index contributed by atoms with van der Waals surface area (Å²) in [6.07, 6.45) is 11.6. The van der Waals surface area contributed by atoms with Gasteiger partial charge in [-0.2, -0.15) is 0 Å². The normalized spacial score (nSPS) is 18.0. The lowest BCUT2D eigenvalue weighted by atomic mass is 9.79. The predicted octanol–water partition coefficient (Wildman–Crippen LogP) is 7.30. The summed E-state index contributed by atoms with van der Waals surface area (Å²) in [4.78, 5) is 9.44. The number of hydrogen-bond acceptors (Lipinski definition) is 4. The molecule has 2 heterocycles. The van der Waals surface area contributed by atoms with E-state index in [1.807, 2.05) is 19.3 Å². The van der Waals surface area contributed by atoms with Crippen LogP contribution in [0.15, 0.2) is 54.9 Å². The molecule has 3 aromatic rings. The molecule has 4 heteroatoms. The van der Waals surface area contributed by atoms with E-state index in [4.69, 9.17) is 9.72 Å². The van der Waals surface area contributed by atoms with Gasteiger partial charge >= 0.3 is 0 Å². The standard InChI is InChI=1S/C29H35N3O/c1-7-21-10-8-12-24(19(21)4)23-14-25-28(30-6)20(5)27(22-11-9-13-31-16-22)32-29(25)26(15-23)33-17-18(2)3/h8-16,18-19,21H,7,17H2,1-6H3,(H,30,32). The quantitative estimate of drug-likeness (QED) is 0.418. The molecular weight excluding hydrogens is 406 g/mol. The number of fused-ring (bicyclic) bond motifs is 1. The number of hydrogen-bond donors (Lipinski definition) is 1. The Morgan fingerprint density at radius 2 is 2.00 bits per heavy atom. The van der Waals surface area contributed by atoms with E-state index in [9.17, 15) is 0 Å². The van der Waals surface area contributed by atoms with Crippen LogP contribution in [0.5, 0.6) is 5.75 Å². The van der Waals surface area contributed by atoms with Crippen LogP contribution in [0.1, 0.15) is 45.2 Å². The van der Waals surface area contributed by atoms with E-state index in [1.54, 1.807) is 6.20 Å². The van der Waals surface area contributed by atoms with Gasteiger partial charge < -0.3 is 10.1 Å². The van der Waals surface area contributed by atoms with Crippen molar-refractivity contribution in [1.29, 1.82) is 0 Å². The Morgan fingerprint density at radius 3 is 2.67 bits per heavy atom. The van der Waals surface area contributed by atoms with Gasteiger partial charge in [-0.15, -0.1) is 0 Å². The second-order valence-corrected chi connectivity index (χ2v) is 9.40. The smallest absolute Gasteiger partial charge is 0.146 e. The lowest BCUT2D eigenvalue weighted by Crippen LogP contribution is -2.13. The van der Waals surface area contributed by atoms with Crippen LogP contribution in [-0.4, -0.2) is 23.6 Å². The Bertz CT molecular complexity index is 1190. The molecule has 1 aromatic carbocycles. The molecule has 1 aliphatic rings. The maximum Gasteiger partial charge on any atom is 0.146 e. The Balaban J connectivity index is 1.96. The van der Waals surface area contributed by atoms with Crippen LogP contribution in [0, 0.1) is 24.7 Å². The number of pyridine rings is 2. The van der Waals surface area contributed by atoms with Crippen LogP contribution >= 0.6 is 0 Å². The highest BCUT2D eigenvalue weighted by Crippen LogP contribution is 2.42. The fraction of sp³-hybridized carbons (Fsp3) is 0.379. The Labute approximate surface area is 197 Å². The number of anilines is 1. The van der Waals surface area contributed by atoms with Crippen molar-refractivity contribution >= 4 is 22.2 Å². The Morgan fingerprint density at radius 1 is 1.18 bits per heavy atom. The van der Waals surface area contributed by atoms with Crippen LogP contribution in [0.2, 0.25) is 0 Å². The number of nitrogens with zero attached hydrogens (tertiary/aromatic N) is 2. The van der Waals surface area contributed by atoms with Gasteiger partial charge in [-0.25, -0.2) is 4.98 Å². The molecule has 4 nitrogen and oxygen atoms in total. The number of aromatic nitrogens is 2. The third kappa shape index (κ3) is 4.52. The molecule has 0 amide bonds. The fourth-order valence-electron chi connectivity index (χ4n) is 4.77. The zero-order chi connectivity index (χ0) is 23.5. The van der Waals surface area contributed by atoms with E-state index in [0.29, 0.717) is 24.4 Å². The maximum absolute atomic E-state index is 6.38. The zero-order valence-corrected chi connectivity index (χ0v) is 20.6. The molecule has 33 heavy (non-hydrogen) atoms. The minimum Gasteiger partial charge on any atom is -0.491 e. The summed E-state index contributed by atoms with van der Waals surface area (Å²) in [5.41, 5.74) is 7.59. The van der Waals surface area contributed by atoms with Gasteiger partial charge in [0.25, 0.3) is 0 Å². The van der Waals surface area contributed by atoms with Crippen molar-refractivity contribution < 1.29 is 4.74 Å². The topological polar surface area (TPSA) is 47.0 Å². The van der Waals surface area contributed by atoms with Crippen molar-refractivity contribution in [3.05, 3.63) is 66.0 Å². The van der Waals surface area contributed by atoms with Crippen LogP contribution in [0.3, 0.4) is 0 Å². The van der Waals surface area contributed by atoms with Gasteiger partial charge in [0.1, 0.15) is 11.3 Å². The molecule has 0 saturated heterocycles. The SMILES string of the molecule is CCC1C=CC=C(c2cc(OCC(C)C)c3nc(-c4cccnc4)c(C)c(NC)c3c2)C1C. The first-order valence-electron chi connectivity index (χ1n) is 12.0. The minimum atomic E-state index is 0.427. The highest BCUT2D eigenvalue weighted by Gasteiger charge is 2.24. The van der Waals surface area contributed by atoms with Crippen LogP contribution < -0.4 is 10.1 Å². The van der Waals surface area contributed by atoms with Gasteiger partial charge in [-0.3, -0.25) is 4.98 Å². The average molecular weight is 442 g/mol. The molecule has 172 valence electrons. The first kappa shape index (κ1) is 23.0. The second-order valence-electron chi connectivity index (χ2n) is 9.40.